The van der Waals surface area contributed by atoms with Gasteiger partial charge in [0.25, 0.3) is 0 Å². The van der Waals surface area contributed by atoms with Crippen LogP contribution < -0.4 is 0 Å². The highest BCUT2D eigenvalue weighted by Crippen LogP contribution is 2.36. The number of β-amino-alcohol motifs (C(OH)–C–C–N with tert-alkyl or cyclic N) is 1. The highest BCUT2D eigenvalue weighted by Gasteiger charge is 2.49. The number of hydrogen-bond acceptors (Lipinski definition) is 3. The molecule has 0 spiro atoms. The van der Waals surface area contributed by atoms with E-state index in [9.17, 15) is 13.5 Å². The van der Waals surface area contributed by atoms with Crippen molar-refractivity contribution in [3.63, 3.8) is 0 Å². The van der Waals surface area contributed by atoms with Crippen LogP contribution in [0.5, 0.6) is 0 Å². The molecule has 1 fully saturated rings. The fraction of sp³-hybridized carbons (Fsp3) is 0.538. The number of aryl methyl sites for hydroxylation is 1. The summed E-state index contributed by atoms with van der Waals surface area (Å²) < 4.78 is 27.7. The van der Waals surface area contributed by atoms with Crippen molar-refractivity contribution in [1.82, 2.24) is 4.31 Å². The third-order valence-electron chi connectivity index (χ3n) is 3.81. The fourth-order valence-electron chi connectivity index (χ4n) is 2.06. The molecule has 1 aromatic carbocycles. The summed E-state index contributed by atoms with van der Waals surface area (Å²) >= 11 is 6.66. The summed E-state index contributed by atoms with van der Waals surface area (Å²) in [6.45, 7) is 5.97. The molecule has 112 valence electrons. The Balaban J connectivity index is 2.32. The Morgan fingerprint density at radius 3 is 2.30 bits per heavy atom. The SMILES string of the molecule is Cc1cc(Br)c(S(=O)(=O)N2CC(O)(C(C)C)C2)cc1Br. The number of sulfonamides is 1. The maximum absolute atomic E-state index is 12.6. The van der Waals surface area contributed by atoms with Crippen LogP contribution >= 0.6 is 31.9 Å². The summed E-state index contributed by atoms with van der Waals surface area (Å²) in [6, 6.07) is 3.37. The third kappa shape index (κ3) is 2.70. The molecule has 0 atom stereocenters. The van der Waals surface area contributed by atoms with Crippen LogP contribution in [0.3, 0.4) is 0 Å². The molecule has 1 saturated heterocycles. The van der Waals surface area contributed by atoms with E-state index in [1.165, 1.54) is 4.31 Å². The lowest BCUT2D eigenvalue weighted by Gasteiger charge is -2.47. The van der Waals surface area contributed by atoms with Gasteiger partial charge >= 0.3 is 0 Å². The maximum atomic E-state index is 12.6. The quantitative estimate of drug-likeness (QED) is 0.808. The first-order valence-electron chi connectivity index (χ1n) is 6.26. The number of benzene rings is 1. The van der Waals surface area contributed by atoms with Crippen molar-refractivity contribution in [3.05, 3.63) is 26.6 Å². The zero-order chi connectivity index (χ0) is 15.3. The number of hydrogen-bond donors (Lipinski definition) is 1. The van der Waals surface area contributed by atoms with Gasteiger partial charge in [0.2, 0.25) is 10.0 Å². The molecule has 2 rings (SSSR count). The van der Waals surface area contributed by atoms with Gasteiger partial charge < -0.3 is 5.11 Å². The van der Waals surface area contributed by atoms with E-state index >= 15 is 0 Å². The van der Waals surface area contributed by atoms with Crippen molar-refractivity contribution in [1.29, 1.82) is 0 Å². The van der Waals surface area contributed by atoms with Crippen molar-refractivity contribution < 1.29 is 13.5 Å². The lowest BCUT2D eigenvalue weighted by Crippen LogP contribution is -2.65. The average molecular weight is 427 g/mol. The van der Waals surface area contributed by atoms with E-state index in [-0.39, 0.29) is 23.9 Å². The Morgan fingerprint density at radius 2 is 1.80 bits per heavy atom. The minimum Gasteiger partial charge on any atom is -0.387 e. The molecule has 0 unspecified atom stereocenters. The van der Waals surface area contributed by atoms with Gasteiger partial charge in [-0.2, -0.15) is 4.31 Å². The van der Waals surface area contributed by atoms with E-state index in [1.54, 1.807) is 12.1 Å². The molecule has 1 aliphatic heterocycles. The molecular weight excluding hydrogens is 410 g/mol. The third-order valence-corrected chi connectivity index (χ3v) is 7.41. The van der Waals surface area contributed by atoms with Gasteiger partial charge in [-0.25, -0.2) is 8.42 Å². The van der Waals surface area contributed by atoms with Crippen LogP contribution in [0.2, 0.25) is 0 Å². The molecular formula is C13H17Br2NO3S. The first-order chi connectivity index (χ1) is 9.08. The Hall–Kier alpha value is 0.0500. The Bertz CT molecular complexity index is 637. The summed E-state index contributed by atoms with van der Waals surface area (Å²) in [4.78, 5) is 0.223. The van der Waals surface area contributed by atoms with E-state index in [0.717, 1.165) is 10.0 Å². The van der Waals surface area contributed by atoms with E-state index < -0.39 is 15.6 Å². The minimum atomic E-state index is -3.58. The van der Waals surface area contributed by atoms with Gasteiger partial charge in [-0.1, -0.05) is 29.8 Å². The molecule has 1 N–H and O–H groups in total. The van der Waals surface area contributed by atoms with Crippen LogP contribution in [0.4, 0.5) is 0 Å². The van der Waals surface area contributed by atoms with Crippen LogP contribution in [-0.4, -0.2) is 36.5 Å². The van der Waals surface area contributed by atoms with Crippen molar-refractivity contribution in [2.24, 2.45) is 5.92 Å². The van der Waals surface area contributed by atoms with Crippen LogP contribution in [0.1, 0.15) is 19.4 Å². The highest BCUT2D eigenvalue weighted by atomic mass is 79.9. The molecule has 0 aliphatic carbocycles. The van der Waals surface area contributed by atoms with E-state index in [1.807, 2.05) is 20.8 Å². The smallest absolute Gasteiger partial charge is 0.244 e. The predicted octanol–water partition coefficient (Wildman–Crippen LogP) is 2.91. The molecule has 20 heavy (non-hydrogen) atoms. The summed E-state index contributed by atoms with van der Waals surface area (Å²) in [5, 5.41) is 10.2. The molecule has 1 aromatic rings. The maximum Gasteiger partial charge on any atom is 0.244 e. The zero-order valence-corrected chi connectivity index (χ0v) is 15.5. The molecule has 4 nitrogen and oxygen atoms in total. The lowest BCUT2D eigenvalue weighted by molar-refractivity contribution is -0.0932. The van der Waals surface area contributed by atoms with Crippen LogP contribution in [0.25, 0.3) is 0 Å². The lowest BCUT2D eigenvalue weighted by atomic mass is 9.85. The summed E-state index contributed by atoms with van der Waals surface area (Å²) in [7, 11) is -3.58. The van der Waals surface area contributed by atoms with Gasteiger partial charge in [-0.3, -0.25) is 0 Å². The Labute approximate surface area is 136 Å². The van der Waals surface area contributed by atoms with Crippen molar-refractivity contribution in [3.8, 4) is 0 Å². The number of rotatable bonds is 3. The van der Waals surface area contributed by atoms with Gasteiger partial charge in [0.15, 0.2) is 0 Å². The number of halogens is 2. The Morgan fingerprint density at radius 1 is 1.25 bits per heavy atom. The largest absolute Gasteiger partial charge is 0.387 e. The van der Waals surface area contributed by atoms with Crippen molar-refractivity contribution >= 4 is 41.9 Å². The van der Waals surface area contributed by atoms with Crippen LogP contribution in [0, 0.1) is 12.8 Å². The van der Waals surface area contributed by atoms with Crippen LogP contribution in [0.15, 0.2) is 26.0 Å². The summed E-state index contributed by atoms with van der Waals surface area (Å²) in [5.74, 6) is 0.0298. The van der Waals surface area contributed by atoms with E-state index in [0.29, 0.717) is 4.47 Å². The zero-order valence-electron chi connectivity index (χ0n) is 11.5. The molecule has 1 aliphatic rings. The normalized spacial score (nSPS) is 19.1. The van der Waals surface area contributed by atoms with Gasteiger partial charge in [0, 0.05) is 22.0 Å². The molecule has 0 aromatic heterocycles. The van der Waals surface area contributed by atoms with Crippen molar-refractivity contribution in [2.45, 2.75) is 31.3 Å². The number of nitrogens with zero attached hydrogens (tertiary/aromatic N) is 1. The average Bonchev–Trinajstić information content (AvgIpc) is 2.29. The second-order valence-corrected chi connectivity index (χ2v) is 9.18. The highest BCUT2D eigenvalue weighted by molar-refractivity contribution is 9.11. The van der Waals surface area contributed by atoms with Crippen molar-refractivity contribution in [2.75, 3.05) is 13.1 Å². The van der Waals surface area contributed by atoms with Gasteiger partial charge in [0.1, 0.15) is 0 Å². The second-order valence-electron chi connectivity index (χ2n) is 5.56. The summed E-state index contributed by atoms with van der Waals surface area (Å²) in [6.07, 6.45) is 0. The monoisotopic (exact) mass is 425 g/mol. The fourth-order valence-corrected chi connectivity index (χ4v) is 5.27. The molecule has 0 amide bonds. The van der Waals surface area contributed by atoms with Gasteiger partial charge in [-0.05, 0) is 46.5 Å². The van der Waals surface area contributed by atoms with E-state index in [4.69, 9.17) is 0 Å². The molecule has 0 saturated carbocycles. The molecule has 0 radical (unpaired) electrons. The molecule has 7 heteroatoms. The molecule has 0 bridgehead atoms. The standard InChI is InChI=1S/C13H17Br2NO3S/c1-8(2)13(17)6-16(7-13)20(18,19)12-5-10(14)9(3)4-11(12)15/h4-5,8,17H,6-7H2,1-3H3. The van der Waals surface area contributed by atoms with E-state index in [2.05, 4.69) is 31.9 Å². The molecule has 1 heterocycles. The first-order valence-corrected chi connectivity index (χ1v) is 9.29. The van der Waals surface area contributed by atoms with Gasteiger partial charge in [-0.15, -0.1) is 0 Å². The first kappa shape index (κ1) is 16.4. The van der Waals surface area contributed by atoms with Gasteiger partial charge in [0.05, 0.1) is 10.5 Å². The minimum absolute atomic E-state index is 0.0298. The second kappa shape index (κ2) is 5.35. The predicted molar refractivity (Wildman–Crippen MR) is 85.1 cm³/mol. The topological polar surface area (TPSA) is 57.6 Å². The summed E-state index contributed by atoms with van der Waals surface area (Å²) in [5.41, 5.74) is 0.0414. The number of aliphatic hydroxyl groups is 1. The Kier molecular flexibility index (Phi) is 4.40. The van der Waals surface area contributed by atoms with Crippen LogP contribution in [-0.2, 0) is 10.0 Å².